The third kappa shape index (κ3) is 5.01. The number of furan rings is 1. The molecular weight excluding hydrogens is 433 g/mol. The molecule has 5 nitrogen and oxygen atoms in total. The lowest BCUT2D eigenvalue weighted by Gasteiger charge is -2.09. The van der Waals surface area contributed by atoms with E-state index in [1.54, 1.807) is 61.5 Å². The molecule has 4 aromatic rings. The van der Waals surface area contributed by atoms with E-state index in [2.05, 4.69) is 12.2 Å². The van der Waals surface area contributed by atoms with Crippen molar-refractivity contribution in [3.05, 3.63) is 95.0 Å². The summed E-state index contributed by atoms with van der Waals surface area (Å²) in [5.74, 6) is -0.744. The zero-order chi connectivity index (χ0) is 24.1. The van der Waals surface area contributed by atoms with Crippen LogP contribution >= 0.6 is 0 Å². The topological polar surface area (TPSA) is 68.5 Å². The van der Waals surface area contributed by atoms with Crippen LogP contribution < -0.4 is 10.1 Å². The van der Waals surface area contributed by atoms with E-state index >= 15 is 0 Å². The number of ether oxygens (including phenoxy) is 1. The molecule has 3 aromatic carbocycles. The summed E-state index contributed by atoms with van der Waals surface area (Å²) < 4.78 is 25.6. The second-order valence-corrected chi connectivity index (χ2v) is 8.13. The number of fused-ring (bicyclic) bond motifs is 1. The number of anilines is 1. The maximum Gasteiger partial charge on any atom is 0.255 e. The van der Waals surface area contributed by atoms with Crippen LogP contribution in [0.1, 0.15) is 58.2 Å². The fourth-order valence-electron chi connectivity index (χ4n) is 3.62. The highest BCUT2D eigenvalue weighted by Gasteiger charge is 2.24. The molecule has 0 aliphatic carbocycles. The number of aryl methyl sites for hydroxylation is 1. The third-order valence-corrected chi connectivity index (χ3v) is 5.61. The number of amides is 1. The lowest BCUT2D eigenvalue weighted by molar-refractivity contribution is 0.101. The largest absolute Gasteiger partial charge is 0.494 e. The molecule has 1 aromatic heterocycles. The second-order valence-electron chi connectivity index (χ2n) is 8.13. The molecule has 0 bridgehead atoms. The highest BCUT2D eigenvalue weighted by atomic mass is 19.1. The van der Waals surface area contributed by atoms with Gasteiger partial charge in [0.25, 0.3) is 5.91 Å². The summed E-state index contributed by atoms with van der Waals surface area (Å²) >= 11 is 0. The van der Waals surface area contributed by atoms with Crippen molar-refractivity contribution >= 4 is 28.3 Å². The number of carbonyl (C=O) groups excluding carboxylic acids is 2. The van der Waals surface area contributed by atoms with E-state index < -0.39 is 17.5 Å². The van der Waals surface area contributed by atoms with Gasteiger partial charge in [-0.2, -0.15) is 0 Å². The number of para-hydroxylation sites is 1. The van der Waals surface area contributed by atoms with E-state index in [-0.39, 0.29) is 17.0 Å². The number of benzene rings is 3. The van der Waals surface area contributed by atoms with Crippen LogP contribution in [-0.2, 0) is 0 Å². The number of nitrogens with one attached hydrogen (secondary N) is 1. The smallest absolute Gasteiger partial charge is 0.255 e. The van der Waals surface area contributed by atoms with E-state index in [9.17, 15) is 14.0 Å². The molecule has 0 saturated carbocycles. The van der Waals surface area contributed by atoms with Crippen molar-refractivity contribution in [3.8, 4) is 5.75 Å². The Hall–Kier alpha value is -3.93. The van der Waals surface area contributed by atoms with Crippen molar-refractivity contribution in [1.82, 2.24) is 0 Å². The predicted octanol–water partition coefficient (Wildman–Crippen LogP) is 6.93. The Balaban J connectivity index is 1.59. The van der Waals surface area contributed by atoms with Gasteiger partial charge in [0.1, 0.15) is 17.1 Å². The number of hydrogen-bond acceptors (Lipinski definition) is 4. The number of halogens is 1. The molecule has 34 heavy (non-hydrogen) atoms. The molecule has 0 aliphatic rings. The van der Waals surface area contributed by atoms with Gasteiger partial charge in [-0.3, -0.25) is 9.59 Å². The molecule has 0 radical (unpaired) electrons. The minimum absolute atomic E-state index is 0.0475. The molecule has 0 atom stereocenters. The summed E-state index contributed by atoms with van der Waals surface area (Å²) in [6, 6.07) is 18.1. The molecule has 0 fully saturated rings. The first-order valence-electron chi connectivity index (χ1n) is 11.3. The van der Waals surface area contributed by atoms with Crippen molar-refractivity contribution in [1.29, 1.82) is 0 Å². The average molecular weight is 460 g/mol. The number of carbonyl (C=O) groups is 2. The Morgan fingerprint density at radius 2 is 1.71 bits per heavy atom. The first kappa shape index (κ1) is 23.2. The van der Waals surface area contributed by atoms with Gasteiger partial charge in [0.05, 0.1) is 12.3 Å². The lowest BCUT2D eigenvalue weighted by Crippen LogP contribution is -2.14. The van der Waals surface area contributed by atoms with Crippen LogP contribution in [0.2, 0.25) is 0 Å². The molecule has 6 heteroatoms. The van der Waals surface area contributed by atoms with Gasteiger partial charge in [-0.15, -0.1) is 0 Å². The van der Waals surface area contributed by atoms with Crippen molar-refractivity contribution in [2.75, 3.05) is 11.9 Å². The number of unbranched alkanes of at least 4 members (excludes halogenated alkanes) is 2. The summed E-state index contributed by atoms with van der Waals surface area (Å²) in [5, 5.41) is 3.40. The molecule has 174 valence electrons. The molecular formula is C28H26FNO4. The van der Waals surface area contributed by atoms with Crippen LogP contribution in [0.5, 0.6) is 5.75 Å². The SMILES string of the molecule is CCCCCOc1ccc(C(=O)Nc2c(C(=O)c3ccc(C)c(F)c3)oc3ccccc23)cc1. The molecule has 0 saturated heterocycles. The molecule has 1 amide bonds. The fraction of sp³-hybridized carbons (Fsp3) is 0.214. The summed E-state index contributed by atoms with van der Waals surface area (Å²) in [4.78, 5) is 26.2. The van der Waals surface area contributed by atoms with Crippen LogP contribution in [0.3, 0.4) is 0 Å². The van der Waals surface area contributed by atoms with Crippen molar-refractivity contribution < 1.29 is 23.1 Å². The fourth-order valence-corrected chi connectivity index (χ4v) is 3.62. The van der Waals surface area contributed by atoms with Gasteiger partial charge in [-0.1, -0.05) is 44.0 Å². The quantitative estimate of drug-likeness (QED) is 0.218. The standard InChI is InChI=1S/C28H26FNO4/c1-3-4-7-16-33-21-14-12-19(13-15-21)28(32)30-25-22-8-5-6-9-24(22)34-27(25)26(31)20-11-10-18(2)23(29)17-20/h5-6,8-15,17H,3-4,7,16H2,1-2H3,(H,30,32). The van der Waals surface area contributed by atoms with E-state index in [0.29, 0.717) is 34.5 Å². The Labute approximate surface area is 197 Å². The van der Waals surface area contributed by atoms with Crippen LogP contribution in [0.4, 0.5) is 10.1 Å². The van der Waals surface area contributed by atoms with Crippen LogP contribution in [0.15, 0.2) is 71.1 Å². The minimum atomic E-state index is -0.513. The summed E-state index contributed by atoms with van der Waals surface area (Å²) in [5.41, 5.74) is 1.69. The summed E-state index contributed by atoms with van der Waals surface area (Å²) in [6.45, 7) is 4.39. The lowest BCUT2D eigenvalue weighted by atomic mass is 10.0. The van der Waals surface area contributed by atoms with Gasteiger partial charge in [0.15, 0.2) is 5.76 Å². The van der Waals surface area contributed by atoms with E-state index in [1.807, 2.05) is 0 Å². The maximum atomic E-state index is 14.1. The number of rotatable bonds is 9. The molecule has 1 heterocycles. The van der Waals surface area contributed by atoms with Crippen molar-refractivity contribution in [2.45, 2.75) is 33.1 Å². The number of ketones is 1. The van der Waals surface area contributed by atoms with E-state index in [1.165, 1.54) is 12.1 Å². The second kappa shape index (κ2) is 10.3. The Kier molecular flexibility index (Phi) is 7.07. The molecule has 4 rings (SSSR count). The Morgan fingerprint density at radius 3 is 2.44 bits per heavy atom. The van der Waals surface area contributed by atoms with Crippen LogP contribution in [-0.4, -0.2) is 18.3 Å². The average Bonchev–Trinajstić information content (AvgIpc) is 3.21. The predicted molar refractivity (Wildman–Crippen MR) is 130 cm³/mol. The van der Waals surface area contributed by atoms with Gasteiger partial charge in [0.2, 0.25) is 5.78 Å². The van der Waals surface area contributed by atoms with E-state index in [4.69, 9.17) is 9.15 Å². The zero-order valence-corrected chi connectivity index (χ0v) is 19.2. The van der Waals surface area contributed by atoms with Gasteiger partial charge in [-0.05, 0) is 61.4 Å². The van der Waals surface area contributed by atoms with Crippen molar-refractivity contribution in [2.24, 2.45) is 0 Å². The molecule has 0 aliphatic heterocycles. The first-order valence-corrected chi connectivity index (χ1v) is 11.3. The normalized spacial score (nSPS) is 10.9. The highest BCUT2D eigenvalue weighted by Crippen LogP contribution is 2.33. The zero-order valence-electron chi connectivity index (χ0n) is 19.2. The Morgan fingerprint density at radius 1 is 0.971 bits per heavy atom. The minimum Gasteiger partial charge on any atom is -0.494 e. The van der Waals surface area contributed by atoms with Gasteiger partial charge < -0.3 is 14.5 Å². The van der Waals surface area contributed by atoms with Crippen LogP contribution in [0, 0.1) is 12.7 Å². The molecule has 0 spiro atoms. The van der Waals surface area contributed by atoms with Gasteiger partial charge in [-0.25, -0.2) is 4.39 Å². The maximum absolute atomic E-state index is 14.1. The molecule has 0 unspecified atom stereocenters. The van der Waals surface area contributed by atoms with Gasteiger partial charge >= 0.3 is 0 Å². The summed E-state index contributed by atoms with van der Waals surface area (Å²) in [6.07, 6.45) is 3.21. The summed E-state index contributed by atoms with van der Waals surface area (Å²) in [7, 11) is 0. The first-order chi connectivity index (χ1) is 16.5. The Bertz CT molecular complexity index is 1320. The van der Waals surface area contributed by atoms with Crippen LogP contribution in [0.25, 0.3) is 11.0 Å². The highest BCUT2D eigenvalue weighted by molar-refractivity contribution is 6.18. The van der Waals surface area contributed by atoms with Crippen molar-refractivity contribution in [3.63, 3.8) is 0 Å². The monoisotopic (exact) mass is 459 g/mol. The third-order valence-electron chi connectivity index (χ3n) is 5.61. The van der Waals surface area contributed by atoms with Gasteiger partial charge in [0, 0.05) is 16.5 Å². The van der Waals surface area contributed by atoms with E-state index in [0.717, 1.165) is 19.3 Å². The molecule has 1 N–H and O–H groups in total. The number of hydrogen-bond donors (Lipinski definition) is 1.